The highest BCUT2D eigenvalue weighted by Crippen LogP contribution is 2.30. The lowest BCUT2D eigenvalue weighted by Crippen LogP contribution is -2.57. The lowest BCUT2D eigenvalue weighted by molar-refractivity contribution is -0.0328. The van der Waals surface area contributed by atoms with Crippen molar-refractivity contribution in [2.75, 3.05) is 32.8 Å². The van der Waals surface area contributed by atoms with Crippen molar-refractivity contribution in [1.82, 2.24) is 10.2 Å². The molecule has 2 atom stereocenters. The summed E-state index contributed by atoms with van der Waals surface area (Å²) in [6.07, 6.45) is 2.70. The van der Waals surface area contributed by atoms with Crippen molar-refractivity contribution in [1.29, 1.82) is 0 Å². The molecule has 0 radical (unpaired) electrons. The molecular formula is C17H26N2O2. The van der Waals surface area contributed by atoms with E-state index in [2.05, 4.69) is 41.4 Å². The van der Waals surface area contributed by atoms with Gasteiger partial charge in [0.1, 0.15) is 0 Å². The van der Waals surface area contributed by atoms with E-state index >= 15 is 0 Å². The normalized spacial score (nSPS) is 26.5. The molecule has 1 aromatic rings. The zero-order valence-corrected chi connectivity index (χ0v) is 12.8. The third-order valence-corrected chi connectivity index (χ3v) is 4.47. The number of hydrogen-bond acceptors (Lipinski definition) is 4. The first kappa shape index (κ1) is 15.0. The Kier molecular flexibility index (Phi) is 4.60. The Bertz CT molecular complexity index is 449. The van der Waals surface area contributed by atoms with Crippen molar-refractivity contribution in [3.8, 4) is 0 Å². The maximum atomic E-state index is 10.2. The van der Waals surface area contributed by atoms with Crippen molar-refractivity contribution in [3.63, 3.8) is 0 Å². The summed E-state index contributed by atoms with van der Waals surface area (Å²) in [5.41, 5.74) is 0.818. The molecule has 2 N–H and O–H groups in total. The third-order valence-electron chi connectivity index (χ3n) is 4.47. The van der Waals surface area contributed by atoms with Gasteiger partial charge in [-0.1, -0.05) is 30.3 Å². The van der Waals surface area contributed by atoms with Gasteiger partial charge in [-0.05, 0) is 25.3 Å². The van der Waals surface area contributed by atoms with Crippen molar-refractivity contribution >= 4 is 0 Å². The minimum absolute atomic E-state index is 0.124. The maximum absolute atomic E-state index is 10.2. The molecule has 2 aliphatic rings. The van der Waals surface area contributed by atoms with Crippen molar-refractivity contribution in [3.05, 3.63) is 35.9 Å². The van der Waals surface area contributed by atoms with Gasteiger partial charge < -0.3 is 15.2 Å². The molecule has 3 rings (SSSR count). The van der Waals surface area contributed by atoms with E-state index in [0.29, 0.717) is 6.04 Å². The van der Waals surface area contributed by atoms with Crippen LogP contribution in [-0.4, -0.2) is 55.0 Å². The molecule has 4 heteroatoms. The van der Waals surface area contributed by atoms with Gasteiger partial charge in [-0.3, -0.25) is 4.90 Å². The fourth-order valence-corrected chi connectivity index (χ4v) is 3.20. The van der Waals surface area contributed by atoms with E-state index in [1.165, 1.54) is 18.4 Å². The summed E-state index contributed by atoms with van der Waals surface area (Å²) in [7, 11) is 0. The van der Waals surface area contributed by atoms with Gasteiger partial charge in [0.15, 0.2) is 0 Å². The molecule has 0 aromatic heterocycles. The molecule has 1 saturated carbocycles. The molecule has 0 amide bonds. The molecular weight excluding hydrogens is 264 g/mol. The Morgan fingerprint density at radius 3 is 2.71 bits per heavy atom. The van der Waals surface area contributed by atoms with E-state index in [-0.39, 0.29) is 18.2 Å². The zero-order chi connectivity index (χ0) is 14.7. The average Bonchev–Trinajstić information content (AvgIpc) is 3.31. The zero-order valence-electron chi connectivity index (χ0n) is 12.8. The number of hydrogen-bond donors (Lipinski definition) is 2. The minimum atomic E-state index is -0.362. The van der Waals surface area contributed by atoms with Gasteiger partial charge in [0.05, 0.1) is 24.9 Å². The molecule has 2 fully saturated rings. The van der Waals surface area contributed by atoms with E-state index in [1.54, 1.807) is 0 Å². The van der Waals surface area contributed by atoms with E-state index in [4.69, 9.17) is 4.74 Å². The van der Waals surface area contributed by atoms with Crippen LogP contribution in [-0.2, 0) is 10.3 Å². The molecule has 116 valence electrons. The Morgan fingerprint density at radius 1 is 1.33 bits per heavy atom. The molecule has 1 aliphatic carbocycles. The minimum Gasteiger partial charge on any atom is -0.394 e. The smallest absolute Gasteiger partial charge is 0.0800 e. The number of benzene rings is 1. The van der Waals surface area contributed by atoms with Crippen molar-refractivity contribution in [2.45, 2.75) is 37.5 Å². The van der Waals surface area contributed by atoms with Crippen LogP contribution in [0.15, 0.2) is 30.3 Å². The first-order chi connectivity index (χ1) is 10.2. The van der Waals surface area contributed by atoms with Gasteiger partial charge in [-0.2, -0.15) is 0 Å². The summed E-state index contributed by atoms with van der Waals surface area (Å²) >= 11 is 0. The number of morpholine rings is 1. The molecule has 1 heterocycles. The van der Waals surface area contributed by atoms with E-state index in [1.807, 2.05) is 6.07 Å². The number of aliphatic hydroxyl groups is 1. The van der Waals surface area contributed by atoms with Crippen LogP contribution >= 0.6 is 0 Å². The molecule has 1 saturated heterocycles. The Morgan fingerprint density at radius 2 is 2.10 bits per heavy atom. The summed E-state index contributed by atoms with van der Waals surface area (Å²) in [5.74, 6) is 0. The predicted octanol–water partition coefficient (Wildman–Crippen LogP) is 1.35. The van der Waals surface area contributed by atoms with Crippen LogP contribution in [0, 0.1) is 0 Å². The van der Waals surface area contributed by atoms with Gasteiger partial charge in [-0.25, -0.2) is 0 Å². The van der Waals surface area contributed by atoms with Crippen LogP contribution in [0.2, 0.25) is 0 Å². The van der Waals surface area contributed by atoms with Crippen molar-refractivity contribution in [2.24, 2.45) is 0 Å². The summed E-state index contributed by atoms with van der Waals surface area (Å²) in [6, 6.07) is 10.9. The number of nitrogens with zero attached hydrogens (tertiary/aromatic N) is 1. The largest absolute Gasteiger partial charge is 0.394 e. The summed E-state index contributed by atoms with van der Waals surface area (Å²) in [4.78, 5) is 2.41. The van der Waals surface area contributed by atoms with E-state index in [9.17, 15) is 5.11 Å². The highest BCUT2D eigenvalue weighted by Gasteiger charge is 2.39. The predicted molar refractivity (Wildman–Crippen MR) is 83.2 cm³/mol. The Hall–Kier alpha value is -0.940. The van der Waals surface area contributed by atoms with Gasteiger partial charge in [0.2, 0.25) is 0 Å². The third kappa shape index (κ3) is 3.64. The fraction of sp³-hybridized carbons (Fsp3) is 0.647. The summed E-state index contributed by atoms with van der Waals surface area (Å²) in [5, 5.41) is 13.9. The standard InChI is InChI=1S/C17H26N2O2/c1-14-11-19(9-10-21-14)12-17(13-20,18-16-7-8-16)15-5-3-2-4-6-15/h2-6,14,16,18,20H,7-13H2,1H3. The molecule has 2 unspecified atom stereocenters. The fourth-order valence-electron chi connectivity index (χ4n) is 3.20. The second kappa shape index (κ2) is 6.44. The number of ether oxygens (including phenoxy) is 1. The lowest BCUT2D eigenvalue weighted by atomic mass is 9.89. The number of rotatable bonds is 6. The topological polar surface area (TPSA) is 44.7 Å². The highest BCUT2D eigenvalue weighted by atomic mass is 16.5. The molecule has 0 spiro atoms. The summed E-state index contributed by atoms with van der Waals surface area (Å²) in [6.45, 7) is 5.72. The van der Waals surface area contributed by atoms with Crippen molar-refractivity contribution < 1.29 is 9.84 Å². The van der Waals surface area contributed by atoms with Crippen LogP contribution in [0.3, 0.4) is 0 Å². The Labute approximate surface area is 127 Å². The molecule has 0 bridgehead atoms. The second-order valence-electron chi connectivity index (χ2n) is 6.44. The first-order valence-electron chi connectivity index (χ1n) is 8.00. The summed E-state index contributed by atoms with van der Waals surface area (Å²) < 4.78 is 5.63. The van der Waals surface area contributed by atoms with E-state index in [0.717, 1.165) is 26.2 Å². The molecule has 1 aromatic carbocycles. The van der Waals surface area contributed by atoms with Gasteiger partial charge in [0, 0.05) is 25.7 Å². The van der Waals surface area contributed by atoms with E-state index < -0.39 is 0 Å². The quantitative estimate of drug-likeness (QED) is 0.830. The van der Waals surface area contributed by atoms with Crippen LogP contribution < -0.4 is 5.32 Å². The first-order valence-corrected chi connectivity index (χ1v) is 8.00. The molecule has 21 heavy (non-hydrogen) atoms. The maximum Gasteiger partial charge on any atom is 0.0800 e. The monoisotopic (exact) mass is 290 g/mol. The number of nitrogens with one attached hydrogen (secondary N) is 1. The number of aliphatic hydroxyl groups excluding tert-OH is 1. The lowest BCUT2D eigenvalue weighted by Gasteiger charge is -2.41. The van der Waals surface area contributed by atoms with Crippen LogP contribution in [0.5, 0.6) is 0 Å². The van der Waals surface area contributed by atoms with Crippen LogP contribution in [0.4, 0.5) is 0 Å². The second-order valence-corrected chi connectivity index (χ2v) is 6.44. The SMILES string of the molecule is CC1CN(CC(CO)(NC2CC2)c2ccccc2)CCO1. The Balaban J connectivity index is 1.80. The van der Waals surface area contributed by atoms with Crippen LogP contribution in [0.1, 0.15) is 25.3 Å². The van der Waals surface area contributed by atoms with Gasteiger partial charge in [0.25, 0.3) is 0 Å². The molecule has 1 aliphatic heterocycles. The van der Waals surface area contributed by atoms with Crippen LogP contribution in [0.25, 0.3) is 0 Å². The van der Waals surface area contributed by atoms with Gasteiger partial charge >= 0.3 is 0 Å². The highest BCUT2D eigenvalue weighted by molar-refractivity contribution is 5.26. The van der Waals surface area contributed by atoms with Gasteiger partial charge in [-0.15, -0.1) is 0 Å². The molecule has 4 nitrogen and oxygen atoms in total. The average molecular weight is 290 g/mol.